The minimum absolute atomic E-state index is 0.0601. The maximum absolute atomic E-state index is 15.4. The fourth-order valence-corrected chi connectivity index (χ4v) is 7.17. The number of benzene rings is 1. The summed E-state index contributed by atoms with van der Waals surface area (Å²) in [5.41, 5.74) is 0.796. The Bertz CT molecular complexity index is 1410. The van der Waals surface area contributed by atoms with Gasteiger partial charge in [-0.25, -0.2) is 19.1 Å². The quantitative estimate of drug-likeness (QED) is 0.190. The summed E-state index contributed by atoms with van der Waals surface area (Å²) in [7, 11) is 0.260. The molecule has 210 valence electrons. The molecule has 11 heteroatoms. The summed E-state index contributed by atoms with van der Waals surface area (Å²) < 4.78 is 26.3. The molecule has 3 atom stereocenters. The number of carbonyl (C=O) groups is 1. The molecule has 1 fully saturated rings. The molecule has 4 rings (SSSR count). The number of rotatable bonds is 8. The summed E-state index contributed by atoms with van der Waals surface area (Å²) in [6, 6.07) is 10.8. The van der Waals surface area contributed by atoms with Gasteiger partial charge in [0.05, 0.1) is 22.5 Å². The normalized spacial score (nSPS) is 23.2. The second-order valence-corrected chi connectivity index (χ2v) is 18.4. The highest BCUT2D eigenvalue weighted by Gasteiger charge is 2.67. The van der Waals surface area contributed by atoms with Crippen molar-refractivity contribution in [3.8, 4) is 17.9 Å². The number of halogens is 1. The van der Waals surface area contributed by atoms with E-state index in [2.05, 4.69) is 36.5 Å². The van der Waals surface area contributed by atoms with Gasteiger partial charge in [-0.15, -0.1) is 0 Å². The number of nitriles is 1. The Morgan fingerprint density at radius 3 is 2.65 bits per heavy atom. The Balaban J connectivity index is 1.67. The predicted molar refractivity (Wildman–Crippen MR) is 155 cm³/mol. The Kier molecular flexibility index (Phi) is 8.71. The molecule has 1 aliphatic heterocycles. The highest BCUT2D eigenvalue weighted by molar-refractivity contribution is 8.15. The largest absolute Gasteiger partial charge is 0.465 e. The van der Waals surface area contributed by atoms with Crippen LogP contribution in [-0.2, 0) is 15.0 Å². The van der Waals surface area contributed by atoms with Crippen LogP contribution in [0.2, 0.25) is 25.7 Å². The average molecular weight is 581 g/mol. The first kappa shape index (κ1) is 29.8. The summed E-state index contributed by atoms with van der Waals surface area (Å²) in [6.45, 7) is 9.23. The van der Waals surface area contributed by atoms with E-state index in [1.165, 1.54) is 24.0 Å². The van der Waals surface area contributed by atoms with Crippen LogP contribution in [0, 0.1) is 34.9 Å². The minimum atomic E-state index is -1.35. The second kappa shape index (κ2) is 11.7. The first-order valence-corrected chi connectivity index (χ1v) is 17.5. The molecule has 1 aromatic heterocycles. The summed E-state index contributed by atoms with van der Waals surface area (Å²) in [5.74, 6) is 5.48. The van der Waals surface area contributed by atoms with Crippen LogP contribution in [0.25, 0.3) is 0 Å². The monoisotopic (exact) mass is 580 g/mol. The topological polar surface area (TPSA) is 108 Å². The number of aromatic nitrogens is 1. The van der Waals surface area contributed by atoms with Crippen molar-refractivity contribution in [2.24, 2.45) is 10.9 Å². The average Bonchev–Trinajstić information content (AvgIpc) is 3.63. The highest BCUT2D eigenvalue weighted by atomic mass is 32.2. The van der Waals surface area contributed by atoms with E-state index in [1.54, 1.807) is 31.4 Å². The van der Waals surface area contributed by atoms with Gasteiger partial charge in [0.15, 0.2) is 5.17 Å². The Labute approximate surface area is 239 Å². The number of amidine groups is 1. The van der Waals surface area contributed by atoms with E-state index in [1.807, 2.05) is 13.0 Å². The fraction of sp³-hybridized carbons (Fsp3) is 0.448. The van der Waals surface area contributed by atoms with E-state index >= 15 is 4.39 Å². The van der Waals surface area contributed by atoms with Gasteiger partial charge < -0.3 is 14.6 Å². The van der Waals surface area contributed by atoms with Gasteiger partial charge in [-0.1, -0.05) is 37.3 Å². The third kappa shape index (κ3) is 6.56. The fourth-order valence-electron chi connectivity index (χ4n) is 4.78. The van der Waals surface area contributed by atoms with Crippen LogP contribution >= 0.6 is 11.8 Å². The van der Waals surface area contributed by atoms with E-state index in [0.717, 1.165) is 10.9 Å². The molecule has 8 nitrogen and oxygen atoms in total. The zero-order valence-electron chi connectivity index (χ0n) is 23.3. The number of carboxylic acid groups (broad SMARTS) is 1. The molecule has 2 aliphatic rings. The summed E-state index contributed by atoms with van der Waals surface area (Å²) in [4.78, 5) is 22.5. The van der Waals surface area contributed by atoms with Gasteiger partial charge in [0, 0.05) is 45.0 Å². The third-order valence-electron chi connectivity index (χ3n) is 7.13. The third-order valence-corrected chi connectivity index (χ3v) is 10.3. The molecule has 1 unspecified atom stereocenters. The lowest BCUT2D eigenvalue weighted by Crippen LogP contribution is -2.44. The van der Waals surface area contributed by atoms with Crippen molar-refractivity contribution in [2.75, 3.05) is 27.1 Å². The number of fused-ring (bicyclic) bond motifs is 1. The van der Waals surface area contributed by atoms with Gasteiger partial charge in [-0.3, -0.25) is 4.99 Å². The van der Waals surface area contributed by atoms with Gasteiger partial charge in [-0.2, -0.15) is 5.26 Å². The van der Waals surface area contributed by atoms with Crippen molar-refractivity contribution >= 4 is 31.1 Å². The van der Waals surface area contributed by atoms with Crippen LogP contribution in [0.5, 0.6) is 0 Å². The molecule has 40 heavy (non-hydrogen) atoms. The maximum atomic E-state index is 15.4. The molecule has 2 aromatic rings. The molecule has 1 N–H and O–H groups in total. The minimum Gasteiger partial charge on any atom is -0.465 e. The number of aliphatic imine (C=N–C) groups is 1. The van der Waals surface area contributed by atoms with Gasteiger partial charge in [0.25, 0.3) is 0 Å². The van der Waals surface area contributed by atoms with Crippen molar-refractivity contribution in [1.82, 2.24) is 9.88 Å². The number of amides is 1. The Morgan fingerprint density at radius 2 is 2.02 bits per heavy atom. The predicted octanol–water partition coefficient (Wildman–Crippen LogP) is 5.51. The van der Waals surface area contributed by atoms with Crippen molar-refractivity contribution in [2.45, 2.75) is 49.3 Å². The summed E-state index contributed by atoms with van der Waals surface area (Å²) in [5, 5.41) is 19.3. The van der Waals surface area contributed by atoms with E-state index < -0.39 is 30.3 Å². The van der Waals surface area contributed by atoms with Crippen molar-refractivity contribution < 1.29 is 23.8 Å². The molecule has 1 aliphatic carbocycles. The van der Waals surface area contributed by atoms with Crippen LogP contribution in [0.15, 0.2) is 41.5 Å². The number of thioether (sulfide) groups is 1. The number of hydrogen-bond acceptors (Lipinski definition) is 7. The zero-order valence-corrected chi connectivity index (χ0v) is 25.1. The summed E-state index contributed by atoms with van der Waals surface area (Å²) in [6.07, 6.45) is 0.967. The number of pyridine rings is 1. The molecule has 0 saturated heterocycles. The molecular formula is C29H33FN4O4SSi. The van der Waals surface area contributed by atoms with Crippen LogP contribution in [0.1, 0.15) is 35.7 Å². The smallest absolute Gasteiger partial charge is 0.415 e. The van der Waals surface area contributed by atoms with Crippen molar-refractivity contribution in [3.05, 3.63) is 64.7 Å². The lowest BCUT2D eigenvalue weighted by molar-refractivity contribution is 0.0701. The van der Waals surface area contributed by atoms with Crippen LogP contribution < -0.4 is 0 Å². The van der Waals surface area contributed by atoms with Crippen LogP contribution in [0.4, 0.5) is 9.18 Å². The Hall–Kier alpha value is -3.22. The zero-order chi connectivity index (χ0) is 29.1. The number of ether oxygens (including phenoxy) is 2. The number of nitrogens with zero attached hydrogens (tertiary/aromatic N) is 4. The SMILES string of the molecule is COC[C@]12CC1[C@@](C)(c1cc(C#Cc3ccc(C#N)cn3)ccc1F)N=C(N(COCC[Si](C)(C)C)C(=O)O)S2. The standard InChI is InChI=1S/C29H33FN4O4SSi/c1-28(23-14-20(8-11-24(23)30)6-9-22-10-7-21(16-31)17-32-22)25-15-29(25,18-37-2)39-26(33-28)34(27(35)36)19-38-12-13-40(3,4)5/h7-8,10-11,14,17,25H,12-13,15,18-19H2,1-5H3,(H,35,36)/t25?,28-,29-/m1/s1. The first-order chi connectivity index (χ1) is 18.9. The van der Waals surface area contributed by atoms with Crippen LogP contribution in [-0.4, -0.2) is 66.1 Å². The van der Waals surface area contributed by atoms with Gasteiger partial charge in [-0.05, 0) is 55.6 Å². The number of hydrogen-bond donors (Lipinski definition) is 1. The van der Waals surface area contributed by atoms with E-state index in [9.17, 15) is 9.90 Å². The van der Waals surface area contributed by atoms with Crippen LogP contribution in [0.3, 0.4) is 0 Å². The van der Waals surface area contributed by atoms with Crippen molar-refractivity contribution in [3.63, 3.8) is 0 Å². The molecule has 0 radical (unpaired) electrons. The number of methoxy groups -OCH3 is 1. The Morgan fingerprint density at radius 1 is 1.27 bits per heavy atom. The van der Waals surface area contributed by atoms with Gasteiger partial charge in [0.2, 0.25) is 0 Å². The van der Waals surface area contributed by atoms with E-state index in [4.69, 9.17) is 19.7 Å². The second-order valence-electron chi connectivity index (χ2n) is 11.4. The molecule has 1 amide bonds. The van der Waals surface area contributed by atoms with Gasteiger partial charge >= 0.3 is 6.09 Å². The van der Waals surface area contributed by atoms with E-state index in [-0.39, 0.29) is 17.8 Å². The van der Waals surface area contributed by atoms with Crippen molar-refractivity contribution in [1.29, 1.82) is 5.26 Å². The molecule has 1 aromatic carbocycles. The van der Waals surface area contributed by atoms with Gasteiger partial charge in [0.1, 0.15) is 24.3 Å². The highest BCUT2D eigenvalue weighted by Crippen LogP contribution is 2.66. The molecule has 2 heterocycles. The van der Waals surface area contributed by atoms with E-state index in [0.29, 0.717) is 42.0 Å². The summed E-state index contributed by atoms with van der Waals surface area (Å²) >= 11 is 1.37. The molecule has 0 bridgehead atoms. The first-order valence-electron chi connectivity index (χ1n) is 12.9. The lowest BCUT2D eigenvalue weighted by atomic mass is 9.85. The maximum Gasteiger partial charge on any atom is 0.415 e. The lowest BCUT2D eigenvalue weighted by Gasteiger charge is -2.37. The molecular weight excluding hydrogens is 547 g/mol. The molecule has 1 saturated carbocycles. The molecule has 0 spiro atoms.